The van der Waals surface area contributed by atoms with Crippen LogP contribution in [0.4, 0.5) is 0 Å². The van der Waals surface area contributed by atoms with Gasteiger partial charge in [-0.15, -0.1) is 0 Å². The Balaban J connectivity index is 1.67. The molecule has 13 nitrogen and oxygen atoms in total. The van der Waals surface area contributed by atoms with Crippen molar-refractivity contribution in [1.29, 1.82) is 0 Å². The Hall–Kier alpha value is -2.10. The standard InChI is InChI=1S/C12H19N7O6S/c1-19-10-7(4-15-19)8(18-25-26(22,23)24)5-14-9(10)12(21)17-16-11(20)6-2-13-3-6/h4,6,8-9,13-14,18H,2-3,5H2,1H3,(H,16,20)(H,17,21)(H,22,23,24)/t8-,9-/m0/s1. The van der Waals surface area contributed by atoms with Gasteiger partial charge in [-0.1, -0.05) is 0 Å². The maximum Gasteiger partial charge on any atom is 0.413 e. The molecule has 0 saturated carbocycles. The first kappa shape index (κ1) is 18.7. The Kier molecular flexibility index (Phi) is 5.22. The molecule has 0 spiro atoms. The molecule has 3 rings (SSSR count). The van der Waals surface area contributed by atoms with E-state index >= 15 is 0 Å². The van der Waals surface area contributed by atoms with Gasteiger partial charge < -0.3 is 5.32 Å². The van der Waals surface area contributed by atoms with Gasteiger partial charge in [-0.2, -0.15) is 23.3 Å². The normalized spacial score (nSPS) is 23.0. The summed E-state index contributed by atoms with van der Waals surface area (Å²) in [5.41, 5.74) is 7.94. The van der Waals surface area contributed by atoms with Crippen molar-refractivity contribution >= 4 is 22.2 Å². The lowest BCUT2D eigenvalue weighted by atomic mass is 9.98. The van der Waals surface area contributed by atoms with E-state index < -0.39 is 28.4 Å². The number of hydrogen-bond donors (Lipinski definition) is 6. The average molecular weight is 389 g/mol. The lowest BCUT2D eigenvalue weighted by molar-refractivity contribution is -0.133. The van der Waals surface area contributed by atoms with E-state index in [9.17, 15) is 18.0 Å². The fourth-order valence-corrected chi connectivity index (χ4v) is 2.98. The summed E-state index contributed by atoms with van der Waals surface area (Å²) < 4.78 is 35.7. The van der Waals surface area contributed by atoms with Crippen molar-refractivity contribution in [2.75, 3.05) is 19.6 Å². The maximum atomic E-state index is 12.4. The van der Waals surface area contributed by atoms with Gasteiger partial charge in [0.05, 0.1) is 23.9 Å². The molecule has 14 heteroatoms. The van der Waals surface area contributed by atoms with Crippen LogP contribution in [0.5, 0.6) is 0 Å². The van der Waals surface area contributed by atoms with E-state index in [2.05, 4.69) is 36.3 Å². The number of hydrazine groups is 1. The number of amides is 2. The average Bonchev–Trinajstić information content (AvgIpc) is 2.90. The summed E-state index contributed by atoms with van der Waals surface area (Å²) in [4.78, 5) is 24.2. The van der Waals surface area contributed by atoms with Gasteiger partial charge in [0.1, 0.15) is 6.04 Å². The second kappa shape index (κ2) is 7.26. The molecule has 2 aliphatic rings. The maximum absolute atomic E-state index is 12.4. The fraction of sp³-hybridized carbons (Fsp3) is 0.583. The summed E-state index contributed by atoms with van der Waals surface area (Å²) in [6, 6.07) is -1.48. The van der Waals surface area contributed by atoms with Crippen LogP contribution in [0.1, 0.15) is 23.3 Å². The molecule has 1 aromatic rings. The van der Waals surface area contributed by atoms with E-state index in [0.29, 0.717) is 24.3 Å². The van der Waals surface area contributed by atoms with Crippen molar-refractivity contribution in [2.45, 2.75) is 12.1 Å². The first-order chi connectivity index (χ1) is 12.3. The largest absolute Gasteiger partial charge is 0.413 e. The van der Waals surface area contributed by atoms with Crippen molar-refractivity contribution in [2.24, 2.45) is 13.0 Å². The third kappa shape index (κ3) is 4.00. The predicted octanol–water partition coefficient (Wildman–Crippen LogP) is -3.20. The van der Waals surface area contributed by atoms with Gasteiger partial charge in [0.25, 0.3) is 5.91 Å². The Labute approximate surface area is 148 Å². The lowest BCUT2D eigenvalue weighted by Gasteiger charge is -2.30. The lowest BCUT2D eigenvalue weighted by Crippen LogP contribution is -2.56. The number of carbonyl (C=O) groups is 2. The summed E-state index contributed by atoms with van der Waals surface area (Å²) in [5, 5.41) is 9.94. The zero-order chi connectivity index (χ0) is 18.9. The molecule has 6 N–H and O–H groups in total. The van der Waals surface area contributed by atoms with Crippen molar-refractivity contribution in [3.8, 4) is 0 Å². The molecule has 0 radical (unpaired) electrons. The molecule has 1 aromatic heterocycles. The molecule has 0 unspecified atom stereocenters. The molecular formula is C12H19N7O6S. The smallest absolute Gasteiger partial charge is 0.315 e. The van der Waals surface area contributed by atoms with Crippen LogP contribution in [-0.4, -0.2) is 54.2 Å². The van der Waals surface area contributed by atoms with E-state index in [1.165, 1.54) is 10.9 Å². The van der Waals surface area contributed by atoms with Crippen molar-refractivity contribution in [3.05, 3.63) is 17.5 Å². The highest BCUT2D eigenvalue weighted by Crippen LogP contribution is 2.28. The van der Waals surface area contributed by atoms with E-state index in [1.807, 2.05) is 0 Å². The van der Waals surface area contributed by atoms with E-state index in [4.69, 9.17) is 4.55 Å². The highest BCUT2D eigenvalue weighted by Gasteiger charge is 2.35. The van der Waals surface area contributed by atoms with Gasteiger partial charge >= 0.3 is 10.4 Å². The second-order valence-electron chi connectivity index (χ2n) is 5.97. The quantitative estimate of drug-likeness (QED) is 0.222. The van der Waals surface area contributed by atoms with Crippen molar-refractivity contribution in [3.63, 3.8) is 0 Å². The topological polar surface area (TPSA) is 176 Å². The number of hydroxylamine groups is 1. The third-order valence-electron chi connectivity index (χ3n) is 4.21. The summed E-state index contributed by atoms with van der Waals surface area (Å²) in [5.74, 6) is -0.947. The molecule has 2 amide bonds. The van der Waals surface area contributed by atoms with Crippen LogP contribution >= 0.6 is 0 Å². The molecule has 0 aromatic carbocycles. The first-order valence-corrected chi connectivity index (χ1v) is 9.10. The fourth-order valence-electron chi connectivity index (χ4n) is 2.74. The molecule has 2 aliphatic heterocycles. The molecule has 2 atom stereocenters. The molecule has 26 heavy (non-hydrogen) atoms. The number of carbonyl (C=O) groups excluding carboxylic acids is 2. The SMILES string of the molecule is Cn1ncc2c1[C@@H](C(=O)NNC(=O)C1CNC1)NC[C@@H]2NOS(=O)(=O)O. The molecular weight excluding hydrogens is 370 g/mol. The Morgan fingerprint density at radius 2 is 2.00 bits per heavy atom. The van der Waals surface area contributed by atoms with Crippen LogP contribution in [0, 0.1) is 5.92 Å². The van der Waals surface area contributed by atoms with Gasteiger partial charge in [-0.25, -0.2) is 0 Å². The number of rotatable bonds is 5. The second-order valence-corrected chi connectivity index (χ2v) is 6.99. The van der Waals surface area contributed by atoms with E-state index in [1.54, 1.807) is 7.05 Å². The first-order valence-electron chi connectivity index (χ1n) is 7.73. The highest BCUT2D eigenvalue weighted by molar-refractivity contribution is 7.80. The zero-order valence-electron chi connectivity index (χ0n) is 13.7. The van der Waals surface area contributed by atoms with Crippen LogP contribution in [0.2, 0.25) is 0 Å². The van der Waals surface area contributed by atoms with E-state index in [-0.39, 0.29) is 18.4 Å². The van der Waals surface area contributed by atoms with Crippen molar-refractivity contribution < 1.29 is 26.8 Å². The molecule has 0 bridgehead atoms. The Morgan fingerprint density at radius 3 is 2.62 bits per heavy atom. The van der Waals surface area contributed by atoms with Gasteiger partial charge in [-0.3, -0.25) is 35.0 Å². The van der Waals surface area contributed by atoms with Gasteiger partial charge in [0, 0.05) is 32.2 Å². The van der Waals surface area contributed by atoms with E-state index in [0.717, 1.165) is 0 Å². The number of fused-ring (bicyclic) bond motifs is 1. The molecule has 1 fully saturated rings. The third-order valence-corrected chi connectivity index (χ3v) is 4.52. The molecule has 1 saturated heterocycles. The minimum absolute atomic E-state index is 0.118. The molecule has 144 valence electrons. The van der Waals surface area contributed by atoms with Crippen LogP contribution in [0.3, 0.4) is 0 Å². The summed E-state index contributed by atoms with van der Waals surface area (Å²) in [7, 11) is -3.05. The number of aromatic nitrogens is 2. The molecule has 3 heterocycles. The summed E-state index contributed by atoms with van der Waals surface area (Å²) >= 11 is 0. The number of aryl methyl sites for hydroxylation is 1. The van der Waals surface area contributed by atoms with Crippen molar-refractivity contribution in [1.82, 2.24) is 36.7 Å². The van der Waals surface area contributed by atoms with Gasteiger partial charge in [-0.05, 0) is 0 Å². The monoisotopic (exact) mass is 389 g/mol. The van der Waals surface area contributed by atoms with Crippen LogP contribution in [-0.2, 0) is 31.3 Å². The van der Waals surface area contributed by atoms with Crippen LogP contribution < -0.4 is 27.0 Å². The minimum atomic E-state index is -4.67. The van der Waals surface area contributed by atoms with Gasteiger partial charge in [0.15, 0.2) is 0 Å². The predicted molar refractivity (Wildman–Crippen MR) is 85.1 cm³/mol. The number of hydrogen-bond acceptors (Lipinski definition) is 9. The van der Waals surface area contributed by atoms with Crippen LogP contribution in [0.15, 0.2) is 6.20 Å². The highest BCUT2D eigenvalue weighted by atomic mass is 32.3. The number of nitrogens with zero attached hydrogens (tertiary/aromatic N) is 2. The minimum Gasteiger partial charge on any atom is -0.315 e. The van der Waals surface area contributed by atoms with Crippen LogP contribution in [0.25, 0.3) is 0 Å². The zero-order valence-corrected chi connectivity index (χ0v) is 14.5. The van der Waals surface area contributed by atoms with Gasteiger partial charge in [0.2, 0.25) is 5.91 Å². The summed E-state index contributed by atoms with van der Waals surface area (Å²) in [6.07, 6.45) is 1.46. The Bertz CT molecular complexity index is 805. The molecule has 0 aliphatic carbocycles. The number of nitrogens with one attached hydrogen (secondary N) is 5. The Morgan fingerprint density at radius 1 is 1.31 bits per heavy atom. The summed E-state index contributed by atoms with van der Waals surface area (Å²) in [6.45, 7) is 1.25.